The molecule has 0 spiro atoms. The Bertz CT molecular complexity index is 553. The maximum atomic E-state index is 12.0. The summed E-state index contributed by atoms with van der Waals surface area (Å²) < 4.78 is 5.08. The van der Waals surface area contributed by atoms with E-state index in [2.05, 4.69) is 9.97 Å². The quantitative estimate of drug-likeness (QED) is 0.776. The normalized spacial score (nSPS) is 10.1. The lowest BCUT2D eigenvalue weighted by Gasteiger charge is -2.10. The number of ether oxygens (including phenoxy) is 1. The van der Waals surface area contributed by atoms with Gasteiger partial charge >= 0.3 is 5.97 Å². The smallest absolute Gasteiger partial charge is 0.340 e. The number of rotatable bonds is 3. The van der Waals surface area contributed by atoms with Crippen LogP contribution in [-0.2, 0) is 4.74 Å². The van der Waals surface area contributed by atoms with Crippen LogP contribution >= 0.6 is 0 Å². The fourth-order valence-corrected chi connectivity index (χ4v) is 1.80. The van der Waals surface area contributed by atoms with Crippen LogP contribution in [0.3, 0.4) is 0 Å². The van der Waals surface area contributed by atoms with Gasteiger partial charge in [-0.25, -0.2) is 4.79 Å². The molecule has 0 amide bonds. The molecule has 0 atom stereocenters. The van der Waals surface area contributed by atoms with Gasteiger partial charge in [-0.15, -0.1) is 0 Å². The zero-order chi connectivity index (χ0) is 13.0. The lowest BCUT2D eigenvalue weighted by atomic mass is 10.0. The third kappa shape index (κ3) is 2.37. The van der Waals surface area contributed by atoms with Crippen molar-refractivity contribution in [3.8, 4) is 11.1 Å². The zero-order valence-electron chi connectivity index (χ0n) is 10.4. The van der Waals surface area contributed by atoms with Crippen molar-refractivity contribution in [1.29, 1.82) is 0 Å². The molecule has 0 aliphatic heterocycles. The second-order valence-corrected chi connectivity index (χ2v) is 3.78. The van der Waals surface area contributed by atoms with Crippen LogP contribution in [0.5, 0.6) is 0 Å². The van der Waals surface area contributed by atoms with Gasteiger partial charge in [0.05, 0.1) is 17.9 Å². The first-order valence-electron chi connectivity index (χ1n) is 5.77. The Morgan fingerprint density at radius 3 is 2.61 bits per heavy atom. The maximum Gasteiger partial charge on any atom is 0.340 e. The molecule has 0 bridgehead atoms. The molecule has 2 aromatic rings. The second kappa shape index (κ2) is 5.40. The number of esters is 1. The SMILES string of the molecule is CCOC(=O)c1c(-c2ccncc2)ccnc1C. The van der Waals surface area contributed by atoms with Crippen molar-refractivity contribution in [2.45, 2.75) is 13.8 Å². The average Bonchev–Trinajstić information content (AvgIpc) is 2.39. The lowest BCUT2D eigenvalue weighted by Crippen LogP contribution is -2.09. The minimum Gasteiger partial charge on any atom is -0.462 e. The fraction of sp³-hybridized carbons (Fsp3) is 0.214. The van der Waals surface area contributed by atoms with Crippen molar-refractivity contribution in [1.82, 2.24) is 9.97 Å². The second-order valence-electron chi connectivity index (χ2n) is 3.78. The molecule has 2 rings (SSSR count). The van der Waals surface area contributed by atoms with Crippen LogP contribution in [-0.4, -0.2) is 22.5 Å². The van der Waals surface area contributed by atoms with E-state index in [1.54, 1.807) is 32.4 Å². The Balaban J connectivity index is 2.55. The van der Waals surface area contributed by atoms with E-state index in [-0.39, 0.29) is 5.97 Å². The molecule has 0 aliphatic rings. The van der Waals surface area contributed by atoms with E-state index in [1.165, 1.54) is 0 Å². The van der Waals surface area contributed by atoms with Gasteiger partial charge < -0.3 is 4.74 Å². The van der Waals surface area contributed by atoms with Gasteiger partial charge in [0.1, 0.15) is 0 Å². The number of aromatic nitrogens is 2. The Hall–Kier alpha value is -2.23. The molecule has 2 heterocycles. The summed E-state index contributed by atoms with van der Waals surface area (Å²) in [6.07, 6.45) is 5.08. The number of nitrogens with zero attached hydrogens (tertiary/aromatic N) is 2. The minimum atomic E-state index is -0.338. The van der Waals surface area contributed by atoms with Crippen LogP contribution in [0, 0.1) is 6.92 Å². The summed E-state index contributed by atoms with van der Waals surface area (Å²) in [5.41, 5.74) is 2.94. The summed E-state index contributed by atoms with van der Waals surface area (Å²) in [6.45, 7) is 3.94. The number of hydrogen-bond donors (Lipinski definition) is 0. The van der Waals surface area contributed by atoms with Crippen molar-refractivity contribution >= 4 is 5.97 Å². The first-order chi connectivity index (χ1) is 8.74. The molecule has 0 saturated heterocycles. The lowest BCUT2D eigenvalue weighted by molar-refractivity contribution is 0.0526. The van der Waals surface area contributed by atoms with E-state index in [0.717, 1.165) is 11.1 Å². The predicted molar refractivity (Wildman–Crippen MR) is 68.2 cm³/mol. The number of hydrogen-bond acceptors (Lipinski definition) is 4. The topological polar surface area (TPSA) is 52.1 Å². The highest BCUT2D eigenvalue weighted by atomic mass is 16.5. The summed E-state index contributed by atoms with van der Waals surface area (Å²) in [7, 11) is 0. The molecule has 4 nitrogen and oxygen atoms in total. The van der Waals surface area contributed by atoms with Crippen molar-refractivity contribution in [2.24, 2.45) is 0 Å². The number of aryl methyl sites for hydroxylation is 1. The summed E-state index contributed by atoms with van der Waals surface area (Å²) in [4.78, 5) is 20.1. The highest BCUT2D eigenvalue weighted by molar-refractivity contribution is 5.98. The Kier molecular flexibility index (Phi) is 3.67. The van der Waals surface area contributed by atoms with E-state index < -0.39 is 0 Å². The summed E-state index contributed by atoms with van der Waals surface area (Å²) in [5.74, 6) is -0.338. The molecular formula is C14H14N2O2. The zero-order valence-corrected chi connectivity index (χ0v) is 10.4. The molecule has 0 radical (unpaired) electrons. The molecular weight excluding hydrogens is 228 g/mol. The molecule has 0 aromatic carbocycles. The molecule has 2 aromatic heterocycles. The number of carbonyl (C=O) groups is 1. The molecule has 0 fully saturated rings. The van der Waals surface area contributed by atoms with Gasteiger partial charge in [0, 0.05) is 18.6 Å². The van der Waals surface area contributed by atoms with Crippen LogP contribution in [0.25, 0.3) is 11.1 Å². The first kappa shape index (κ1) is 12.2. The van der Waals surface area contributed by atoms with Gasteiger partial charge in [0.15, 0.2) is 0 Å². The molecule has 0 aliphatic carbocycles. The van der Waals surface area contributed by atoms with Crippen molar-refractivity contribution < 1.29 is 9.53 Å². The van der Waals surface area contributed by atoms with Crippen molar-refractivity contribution in [3.05, 3.63) is 48.0 Å². The first-order valence-corrected chi connectivity index (χ1v) is 5.77. The van der Waals surface area contributed by atoms with E-state index in [1.807, 2.05) is 18.2 Å². The largest absolute Gasteiger partial charge is 0.462 e. The molecule has 4 heteroatoms. The fourth-order valence-electron chi connectivity index (χ4n) is 1.80. The third-order valence-corrected chi connectivity index (χ3v) is 2.61. The van der Waals surface area contributed by atoms with Gasteiger partial charge in [-0.1, -0.05) is 0 Å². The van der Waals surface area contributed by atoms with Crippen molar-refractivity contribution in [2.75, 3.05) is 6.61 Å². The third-order valence-electron chi connectivity index (χ3n) is 2.61. The van der Waals surface area contributed by atoms with Crippen LogP contribution < -0.4 is 0 Å². The van der Waals surface area contributed by atoms with Gasteiger partial charge in [-0.3, -0.25) is 9.97 Å². The van der Waals surface area contributed by atoms with Gasteiger partial charge in [0.25, 0.3) is 0 Å². The van der Waals surface area contributed by atoms with E-state index in [9.17, 15) is 4.79 Å². The predicted octanol–water partition coefficient (Wildman–Crippen LogP) is 2.63. The van der Waals surface area contributed by atoms with E-state index >= 15 is 0 Å². The summed E-state index contributed by atoms with van der Waals surface area (Å²) in [6, 6.07) is 5.53. The van der Waals surface area contributed by atoms with Crippen LogP contribution in [0.4, 0.5) is 0 Å². The summed E-state index contributed by atoms with van der Waals surface area (Å²) >= 11 is 0. The monoisotopic (exact) mass is 242 g/mol. The highest BCUT2D eigenvalue weighted by Gasteiger charge is 2.17. The minimum absolute atomic E-state index is 0.338. The molecule has 0 saturated carbocycles. The molecule has 92 valence electrons. The Morgan fingerprint density at radius 1 is 1.22 bits per heavy atom. The summed E-state index contributed by atoms with van der Waals surface area (Å²) in [5, 5.41) is 0. The molecule has 0 unspecified atom stereocenters. The van der Waals surface area contributed by atoms with Crippen LogP contribution in [0.2, 0.25) is 0 Å². The van der Waals surface area contributed by atoms with E-state index in [4.69, 9.17) is 4.74 Å². The van der Waals surface area contributed by atoms with Crippen LogP contribution in [0.1, 0.15) is 23.0 Å². The Labute approximate surface area is 106 Å². The van der Waals surface area contributed by atoms with E-state index in [0.29, 0.717) is 17.9 Å². The van der Waals surface area contributed by atoms with Gasteiger partial charge in [-0.05, 0) is 43.2 Å². The van der Waals surface area contributed by atoms with Crippen molar-refractivity contribution in [3.63, 3.8) is 0 Å². The standard InChI is InChI=1S/C14H14N2O2/c1-3-18-14(17)13-10(2)16-9-6-12(13)11-4-7-15-8-5-11/h4-9H,3H2,1-2H3. The number of carbonyl (C=O) groups excluding carboxylic acids is 1. The van der Waals surface area contributed by atoms with Gasteiger partial charge in [-0.2, -0.15) is 0 Å². The molecule has 0 N–H and O–H groups in total. The maximum absolute atomic E-state index is 12.0. The molecule has 18 heavy (non-hydrogen) atoms. The number of pyridine rings is 2. The van der Waals surface area contributed by atoms with Crippen LogP contribution in [0.15, 0.2) is 36.8 Å². The van der Waals surface area contributed by atoms with Gasteiger partial charge in [0.2, 0.25) is 0 Å². The average molecular weight is 242 g/mol. The Morgan fingerprint density at radius 2 is 1.94 bits per heavy atom. The highest BCUT2D eigenvalue weighted by Crippen LogP contribution is 2.25.